The highest BCUT2D eigenvalue weighted by molar-refractivity contribution is 5.72. The van der Waals surface area contributed by atoms with Crippen LogP contribution >= 0.6 is 0 Å². The van der Waals surface area contributed by atoms with E-state index < -0.39 is 18.0 Å². The Morgan fingerprint density at radius 1 is 0.680 bits per heavy atom. The summed E-state index contributed by atoms with van der Waals surface area (Å²) in [5.74, 6) is -2.43. The van der Waals surface area contributed by atoms with Crippen molar-refractivity contribution in [3.8, 4) is 0 Å². The van der Waals surface area contributed by atoms with Gasteiger partial charge in [-0.15, -0.1) is 0 Å². The number of aliphatic hydroxyl groups is 1. The highest BCUT2D eigenvalue weighted by Gasteiger charge is 2.32. The molecule has 0 spiro atoms. The Morgan fingerprint density at radius 2 is 1.04 bits per heavy atom. The van der Waals surface area contributed by atoms with Crippen molar-refractivity contribution in [3.63, 3.8) is 0 Å². The van der Waals surface area contributed by atoms with Crippen molar-refractivity contribution in [1.82, 2.24) is 0 Å². The average Bonchev–Trinajstić information content (AvgIpc) is 2.67. The molecular weight excluding hydrogens is 312 g/mol. The molecule has 25 heavy (non-hydrogen) atoms. The number of benzene rings is 3. The van der Waals surface area contributed by atoms with Gasteiger partial charge in [-0.05, 0) is 16.7 Å². The molecule has 0 aliphatic rings. The lowest BCUT2D eigenvalue weighted by molar-refractivity contribution is -0.316. The molecule has 0 fully saturated rings. The summed E-state index contributed by atoms with van der Waals surface area (Å²) in [6.07, 6.45) is -1.62. The first-order valence-corrected chi connectivity index (χ1v) is 8.22. The molecule has 0 bridgehead atoms. The molecule has 0 aliphatic carbocycles. The van der Waals surface area contributed by atoms with Gasteiger partial charge in [-0.25, -0.2) is 0 Å². The lowest BCUT2D eigenvalue weighted by Gasteiger charge is -2.33. The number of carboxylic acid groups (broad SMARTS) is 1. The van der Waals surface area contributed by atoms with Gasteiger partial charge >= 0.3 is 0 Å². The second-order valence-corrected chi connectivity index (χ2v) is 6.00. The molecule has 3 aromatic rings. The number of aliphatic hydroxyl groups excluding tert-OH is 1. The molecule has 0 saturated carbocycles. The summed E-state index contributed by atoms with van der Waals surface area (Å²) in [6.45, 7) is 0. The van der Waals surface area contributed by atoms with E-state index in [-0.39, 0.29) is 5.92 Å². The molecular formula is C22H19O3-. The van der Waals surface area contributed by atoms with Gasteiger partial charge in [0.25, 0.3) is 0 Å². The van der Waals surface area contributed by atoms with E-state index in [0.717, 1.165) is 16.7 Å². The summed E-state index contributed by atoms with van der Waals surface area (Å²) in [5, 5.41) is 22.0. The first-order valence-electron chi connectivity index (χ1n) is 8.22. The van der Waals surface area contributed by atoms with E-state index in [4.69, 9.17) is 0 Å². The van der Waals surface area contributed by atoms with Gasteiger partial charge in [0.2, 0.25) is 0 Å². The molecule has 0 saturated heterocycles. The highest BCUT2D eigenvalue weighted by atomic mass is 16.4. The smallest absolute Gasteiger partial charge is 0.101 e. The molecule has 1 N–H and O–H groups in total. The normalized spacial score (nSPS) is 13.4. The monoisotopic (exact) mass is 331 g/mol. The minimum atomic E-state index is -1.62. The predicted octanol–water partition coefficient (Wildman–Crippen LogP) is 2.71. The van der Waals surface area contributed by atoms with E-state index in [1.165, 1.54) is 0 Å². The SMILES string of the molecule is O=C([O-])[C@H](O)C(c1ccccc1)C(c1ccccc1)c1ccccc1. The van der Waals surface area contributed by atoms with Gasteiger partial charge in [-0.2, -0.15) is 0 Å². The first-order chi connectivity index (χ1) is 12.2. The predicted molar refractivity (Wildman–Crippen MR) is 94.9 cm³/mol. The Bertz CT molecular complexity index is 761. The number of hydrogen-bond acceptors (Lipinski definition) is 3. The van der Waals surface area contributed by atoms with E-state index in [2.05, 4.69) is 0 Å². The Kier molecular flexibility index (Phi) is 5.26. The Labute approximate surface area is 147 Å². The van der Waals surface area contributed by atoms with Crippen molar-refractivity contribution < 1.29 is 15.0 Å². The van der Waals surface area contributed by atoms with Crippen molar-refractivity contribution >= 4 is 5.97 Å². The number of carboxylic acids is 1. The second-order valence-electron chi connectivity index (χ2n) is 6.00. The van der Waals surface area contributed by atoms with Gasteiger partial charge in [0.05, 0.1) is 5.97 Å². The fourth-order valence-corrected chi connectivity index (χ4v) is 3.31. The van der Waals surface area contributed by atoms with Crippen LogP contribution in [0.2, 0.25) is 0 Å². The lowest BCUT2D eigenvalue weighted by Crippen LogP contribution is -2.41. The molecule has 0 aromatic heterocycles. The van der Waals surface area contributed by atoms with Crippen LogP contribution in [0, 0.1) is 0 Å². The summed E-state index contributed by atoms with van der Waals surface area (Å²) < 4.78 is 0. The summed E-state index contributed by atoms with van der Waals surface area (Å²) >= 11 is 0. The number of carbonyl (C=O) groups excluding carboxylic acids is 1. The van der Waals surface area contributed by atoms with Gasteiger partial charge in [0.1, 0.15) is 6.10 Å². The molecule has 126 valence electrons. The maximum atomic E-state index is 11.5. The summed E-state index contributed by atoms with van der Waals surface area (Å²) in [6, 6.07) is 28.5. The number of hydrogen-bond donors (Lipinski definition) is 1. The molecule has 0 radical (unpaired) electrons. The molecule has 3 heteroatoms. The van der Waals surface area contributed by atoms with Crippen molar-refractivity contribution in [2.75, 3.05) is 0 Å². The largest absolute Gasteiger partial charge is 0.547 e. The summed E-state index contributed by atoms with van der Waals surface area (Å²) in [5.41, 5.74) is 2.66. The number of rotatable bonds is 6. The van der Waals surface area contributed by atoms with Crippen molar-refractivity contribution in [1.29, 1.82) is 0 Å². The maximum Gasteiger partial charge on any atom is 0.101 e. The zero-order valence-electron chi connectivity index (χ0n) is 13.7. The fourth-order valence-electron chi connectivity index (χ4n) is 3.31. The van der Waals surface area contributed by atoms with E-state index in [1.807, 2.05) is 91.0 Å². The van der Waals surface area contributed by atoms with Gasteiger partial charge in [-0.1, -0.05) is 91.0 Å². The van der Waals surface area contributed by atoms with Crippen LogP contribution in [0.3, 0.4) is 0 Å². The van der Waals surface area contributed by atoms with Crippen LogP contribution < -0.4 is 5.11 Å². The molecule has 2 atom stereocenters. The molecule has 3 rings (SSSR count). The second kappa shape index (κ2) is 7.77. The van der Waals surface area contributed by atoms with Crippen LogP contribution in [0.4, 0.5) is 0 Å². The van der Waals surface area contributed by atoms with E-state index in [9.17, 15) is 15.0 Å². The van der Waals surface area contributed by atoms with E-state index in [0.29, 0.717) is 0 Å². The first kappa shape index (κ1) is 16.9. The minimum absolute atomic E-state index is 0.308. The van der Waals surface area contributed by atoms with Crippen LogP contribution in [0.1, 0.15) is 28.5 Å². The Morgan fingerprint density at radius 3 is 1.40 bits per heavy atom. The van der Waals surface area contributed by atoms with Gasteiger partial charge in [-0.3, -0.25) is 0 Å². The van der Waals surface area contributed by atoms with Crippen molar-refractivity contribution in [2.45, 2.75) is 17.9 Å². The Hall–Kier alpha value is -2.91. The molecule has 0 heterocycles. The zero-order valence-corrected chi connectivity index (χ0v) is 13.7. The van der Waals surface area contributed by atoms with Crippen LogP contribution in [0.5, 0.6) is 0 Å². The summed E-state index contributed by atoms with van der Waals surface area (Å²) in [4.78, 5) is 11.5. The third kappa shape index (κ3) is 3.78. The minimum Gasteiger partial charge on any atom is -0.547 e. The van der Waals surface area contributed by atoms with Crippen molar-refractivity contribution in [3.05, 3.63) is 108 Å². The quantitative estimate of drug-likeness (QED) is 0.755. The third-order valence-electron chi connectivity index (χ3n) is 4.44. The molecule has 1 unspecified atom stereocenters. The molecule has 0 aliphatic heterocycles. The van der Waals surface area contributed by atoms with Crippen LogP contribution in [0.15, 0.2) is 91.0 Å². The molecule has 3 nitrogen and oxygen atoms in total. The average molecular weight is 331 g/mol. The van der Waals surface area contributed by atoms with Crippen LogP contribution in [-0.4, -0.2) is 17.2 Å². The fraction of sp³-hybridized carbons (Fsp3) is 0.136. The number of carbonyl (C=O) groups is 1. The zero-order chi connectivity index (χ0) is 17.6. The van der Waals surface area contributed by atoms with Crippen LogP contribution in [0.25, 0.3) is 0 Å². The highest BCUT2D eigenvalue weighted by Crippen LogP contribution is 2.40. The van der Waals surface area contributed by atoms with Gasteiger partial charge in [0.15, 0.2) is 0 Å². The summed E-state index contributed by atoms with van der Waals surface area (Å²) in [7, 11) is 0. The van der Waals surface area contributed by atoms with Crippen molar-refractivity contribution in [2.24, 2.45) is 0 Å². The standard InChI is InChI=1S/C22H20O3/c23-21(22(24)25)20(18-14-8-3-9-15-18)19(16-10-4-1-5-11-16)17-12-6-2-7-13-17/h1-15,19-21,23H,(H,24,25)/p-1/t20?,21-/m1/s1. The van der Waals surface area contributed by atoms with E-state index in [1.54, 1.807) is 0 Å². The van der Waals surface area contributed by atoms with Gasteiger partial charge in [0, 0.05) is 11.8 Å². The van der Waals surface area contributed by atoms with E-state index >= 15 is 0 Å². The van der Waals surface area contributed by atoms with Gasteiger partial charge < -0.3 is 15.0 Å². The maximum absolute atomic E-state index is 11.5. The molecule has 0 amide bonds. The number of aliphatic carboxylic acids is 1. The third-order valence-corrected chi connectivity index (χ3v) is 4.44. The van der Waals surface area contributed by atoms with Crippen LogP contribution in [-0.2, 0) is 4.79 Å². The topological polar surface area (TPSA) is 60.4 Å². The molecule has 3 aromatic carbocycles. The Balaban J connectivity index is 2.18. The lowest BCUT2D eigenvalue weighted by atomic mass is 9.74.